The summed E-state index contributed by atoms with van der Waals surface area (Å²) in [5.41, 5.74) is 0. The minimum atomic E-state index is -0.257. The lowest BCUT2D eigenvalue weighted by Gasteiger charge is -2.29. The van der Waals surface area contributed by atoms with Gasteiger partial charge >= 0.3 is 0 Å². The van der Waals surface area contributed by atoms with Crippen molar-refractivity contribution < 1.29 is 9.84 Å². The van der Waals surface area contributed by atoms with Crippen LogP contribution in [0.2, 0.25) is 0 Å². The number of nitrogens with zero attached hydrogens (tertiary/aromatic N) is 1. The Kier molecular flexibility index (Phi) is 5.89. The van der Waals surface area contributed by atoms with E-state index in [1.165, 1.54) is 25.7 Å². The zero-order valence-corrected chi connectivity index (χ0v) is 11.6. The highest BCUT2D eigenvalue weighted by atomic mass is 16.5. The van der Waals surface area contributed by atoms with Gasteiger partial charge < -0.3 is 15.2 Å². The summed E-state index contributed by atoms with van der Waals surface area (Å²) in [5.74, 6) is 0.820. The maximum absolute atomic E-state index is 10.0. The number of aliphatic hydroxyl groups excluding tert-OH is 1. The normalized spacial score (nSPS) is 26.3. The summed E-state index contributed by atoms with van der Waals surface area (Å²) in [6.07, 6.45) is 5.22. The molecule has 1 saturated heterocycles. The summed E-state index contributed by atoms with van der Waals surface area (Å²) in [4.78, 5) is 2.29. The van der Waals surface area contributed by atoms with Gasteiger partial charge in [-0.2, -0.15) is 0 Å². The van der Waals surface area contributed by atoms with Gasteiger partial charge in [-0.15, -0.1) is 0 Å². The highest BCUT2D eigenvalue weighted by Gasteiger charge is 2.22. The number of ether oxygens (including phenoxy) is 1. The van der Waals surface area contributed by atoms with Crippen molar-refractivity contribution in [2.24, 2.45) is 5.92 Å². The molecule has 1 heterocycles. The van der Waals surface area contributed by atoms with Crippen molar-refractivity contribution >= 4 is 0 Å². The monoisotopic (exact) mass is 256 g/mol. The molecule has 0 bridgehead atoms. The first kappa shape index (κ1) is 14.3. The molecule has 1 aliphatic heterocycles. The Morgan fingerprint density at radius 3 is 2.61 bits per heavy atom. The first-order chi connectivity index (χ1) is 8.75. The molecular formula is C14H28N2O2. The molecule has 1 aliphatic carbocycles. The largest absolute Gasteiger partial charge is 0.390 e. The molecule has 0 aromatic rings. The van der Waals surface area contributed by atoms with Gasteiger partial charge in [0.15, 0.2) is 0 Å². The summed E-state index contributed by atoms with van der Waals surface area (Å²) in [7, 11) is 0. The van der Waals surface area contributed by atoms with E-state index in [2.05, 4.69) is 17.1 Å². The van der Waals surface area contributed by atoms with Crippen LogP contribution in [0.4, 0.5) is 0 Å². The van der Waals surface area contributed by atoms with Crippen LogP contribution in [0, 0.1) is 5.92 Å². The van der Waals surface area contributed by atoms with E-state index in [1.807, 2.05) is 0 Å². The SMILES string of the molecule is C[C@H](NCC(O)CN1CCOCC1)C1CCCC1. The summed E-state index contributed by atoms with van der Waals surface area (Å²) >= 11 is 0. The fraction of sp³-hybridized carbons (Fsp3) is 1.00. The first-order valence-corrected chi connectivity index (χ1v) is 7.47. The standard InChI is InChI=1S/C14H28N2O2/c1-12(13-4-2-3-5-13)15-10-14(17)11-16-6-8-18-9-7-16/h12-15,17H,2-11H2,1H3/t12-,14?/m0/s1. The second-order valence-electron chi connectivity index (χ2n) is 5.81. The van der Waals surface area contributed by atoms with E-state index in [4.69, 9.17) is 4.74 Å². The molecule has 0 radical (unpaired) electrons. The average Bonchev–Trinajstić information content (AvgIpc) is 2.91. The smallest absolute Gasteiger partial charge is 0.0791 e. The Hall–Kier alpha value is -0.160. The van der Waals surface area contributed by atoms with Crippen molar-refractivity contribution in [1.82, 2.24) is 10.2 Å². The molecule has 2 atom stereocenters. The number of nitrogens with one attached hydrogen (secondary N) is 1. The van der Waals surface area contributed by atoms with Crippen LogP contribution < -0.4 is 5.32 Å². The van der Waals surface area contributed by atoms with Gasteiger partial charge in [0.25, 0.3) is 0 Å². The van der Waals surface area contributed by atoms with Crippen molar-refractivity contribution in [3.05, 3.63) is 0 Å². The average molecular weight is 256 g/mol. The van der Waals surface area contributed by atoms with E-state index in [9.17, 15) is 5.11 Å². The molecule has 1 unspecified atom stereocenters. The third kappa shape index (κ3) is 4.50. The van der Waals surface area contributed by atoms with E-state index in [1.54, 1.807) is 0 Å². The number of aliphatic hydroxyl groups is 1. The molecule has 2 N–H and O–H groups in total. The lowest BCUT2D eigenvalue weighted by atomic mass is 10.00. The number of hydrogen-bond acceptors (Lipinski definition) is 4. The van der Waals surface area contributed by atoms with E-state index in [-0.39, 0.29) is 6.10 Å². The lowest BCUT2D eigenvalue weighted by Crippen LogP contribution is -2.45. The van der Waals surface area contributed by atoms with E-state index >= 15 is 0 Å². The topological polar surface area (TPSA) is 44.7 Å². The van der Waals surface area contributed by atoms with Crippen LogP contribution in [0.25, 0.3) is 0 Å². The molecule has 18 heavy (non-hydrogen) atoms. The van der Waals surface area contributed by atoms with Gasteiger partial charge in [0, 0.05) is 32.2 Å². The fourth-order valence-corrected chi connectivity index (χ4v) is 3.09. The number of rotatable bonds is 6. The Bertz CT molecular complexity index is 226. The van der Waals surface area contributed by atoms with Crippen molar-refractivity contribution in [3.8, 4) is 0 Å². The van der Waals surface area contributed by atoms with Gasteiger partial charge in [0.05, 0.1) is 19.3 Å². The summed E-state index contributed by atoms with van der Waals surface area (Å²) in [6.45, 7) is 7.27. The number of hydrogen-bond donors (Lipinski definition) is 2. The van der Waals surface area contributed by atoms with E-state index in [0.29, 0.717) is 6.04 Å². The Morgan fingerprint density at radius 1 is 1.28 bits per heavy atom. The van der Waals surface area contributed by atoms with E-state index < -0.39 is 0 Å². The van der Waals surface area contributed by atoms with Crippen LogP contribution in [0.15, 0.2) is 0 Å². The number of β-amino-alcohol motifs (C(OH)–C–C–N with tert-alkyl or cyclic N) is 1. The minimum absolute atomic E-state index is 0.257. The van der Waals surface area contributed by atoms with Gasteiger partial charge in [-0.3, -0.25) is 4.90 Å². The van der Waals surface area contributed by atoms with Crippen molar-refractivity contribution in [2.75, 3.05) is 39.4 Å². The maximum atomic E-state index is 10.0. The molecule has 4 heteroatoms. The van der Waals surface area contributed by atoms with Gasteiger partial charge in [-0.1, -0.05) is 12.8 Å². The Labute approximate surface area is 111 Å². The highest BCUT2D eigenvalue weighted by molar-refractivity contribution is 4.79. The van der Waals surface area contributed by atoms with E-state index in [0.717, 1.165) is 45.3 Å². The molecule has 4 nitrogen and oxygen atoms in total. The second-order valence-corrected chi connectivity index (χ2v) is 5.81. The molecule has 106 valence electrons. The summed E-state index contributed by atoms with van der Waals surface area (Å²) in [6, 6.07) is 0.548. The molecule has 0 aromatic heterocycles. The Morgan fingerprint density at radius 2 is 1.94 bits per heavy atom. The van der Waals surface area contributed by atoms with Crippen LogP contribution in [0.1, 0.15) is 32.6 Å². The quantitative estimate of drug-likeness (QED) is 0.739. The molecule has 2 rings (SSSR count). The molecule has 0 aromatic carbocycles. The second kappa shape index (κ2) is 7.43. The zero-order valence-electron chi connectivity index (χ0n) is 11.6. The van der Waals surface area contributed by atoms with Gasteiger partial charge in [0.2, 0.25) is 0 Å². The number of morpholine rings is 1. The molecule has 0 amide bonds. The molecule has 2 fully saturated rings. The first-order valence-electron chi connectivity index (χ1n) is 7.47. The van der Waals surface area contributed by atoms with Crippen molar-refractivity contribution in [3.63, 3.8) is 0 Å². The molecule has 1 saturated carbocycles. The van der Waals surface area contributed by atoms with Crippen molar-refractivity contribution in [1.29, 1.82) is 0 Å². The van der Waals surface area contributed by atoms with Gasteiger partial charge in [0.1, 0.15) is 0 Å². The Balaban J connectivity index is 1.59. The van der Waals surface area contributed by atoms with Crippen LogP contribution >= 0.6 is 0 Å². The highest BCUT2D eigenvalue weighted by Crippen LogP contribution is 2.27. The molecule has 2 aliphatic rings. The van der Waals surface area contributed by atoms with Gasteiger partial charge in [-0.05, 0) is 25.7 Å². The predicted molar refractivity (Wildman–Crippen MR) is 72.7 cm³/mol. The fourth-order valence-electron chi connectivity index (χ4n) is 3.09. The third-order valence-electron chi connectivity index (χ3n) is 4.36. The van der Waals surface area contributed by atoms with Crippen LogP contribution in [0.5, 0.6) is 0 Å². The summed E-state index contributed by atoms with van der Waals surface area (Å²) < 4.78 is 5.31. The van der Waals surface area contributed by atoms with Crippen LogP contribution in [0.3, 0.4) is 0 Å². The zero-order chi connectivity index (χ0) is 12.8. The maximum Gasteiger partial charge on any atom is 0.0791 e. The summed E-state index contributed by atoms with van der Waals surface area (Å²) in [5, 5.41) is 13.6. The molecular weight excluding hydrogens is 228 g/mol. The molecule has 0 spiro atoms. The lowest BCUT2D eigenvalue weighted by molar-refractivity contribution is 0.0142. The van der Waals surface area contributed by atoms with Crippen LogP contribution in [-0.4, -0.2) is 61.5 Å². The predicted octanol–water partition coefficient (Wildman–Crippen LogP) is 0.848. The van der Waals surface area contributed by atoms with Gasteiger partial charge in [-0.25, -0.2) is 0 Å². The third-order valence-corrected chi connectivity index (χ3v) is 4.36. The van der Waals surface area contributed by atoms with Crippen LogP contribution in [-0.2, 0) is 4.74 Å². The minimum Gasteiger partial charge on any atom is -0.390 e. The van der Waals surface area contributed by atoms with Crippen molar-refractivity contribution in [2.45, 2.75) is 44.8 Å².